The van der Waals surface area contributed by atoms with Crippen molar-refractivity contribution in [2.75, 3.05) is 0 Å². The van der Waals surface area contributed by atoms with E-state index in [-0.39, 0.29) is 11.3 Å². The van der Waals surface area contributed by atoms with Gasteiger partial charge in [-0.1, -0.05) is 18.6 Å². The van der Waals surface area contributed by atoms with Gasteiger partial charge in [-0.05, 0) is 18.6 Å². The summed E-state index contributed by atoms with van der Waals surface area (Å²) in [5.41, 5.74) is -0.465. The van der Waals surface area contributed by atoms with Crippen molar-refractivity contribution in [3.63, 3.8) is 0 Å². The zero-order valence-corrected chi connectivity index (χ0v) is 7.10. The van der Waals surface area contributed by atoms with Crippen molar-refractivity contribution < 1.29 is 18.1 Å². The van der Waals surface area contributed by atoms with Crippen LogP contribution in [0, 0.1) is 0 Å². The maximum atomic E-state index is 12.4. The molecule has 1 aromatic carbocycles. The van der Waals surface area contributed by atoms with E-state index in [0.29, 0.717) is 6.42 Å². The molecule has 0 saturated carbocycles. The molecular formula is C8H9BF3O-. The highest BCUT2D eigenvalue weighted by atomic mass is 19.4. The molecule has 0 radical (unpaired) electrons. The Hall–Kier alpha value is -1.13. The highest BCUT2D eigenvalue weighted by Crippen LogP contribution is 2.16. The van der Waals surface area contributed by atoms with E-state index in [4.69, 9.17) is 5.11 Å². The Morgan fingerprint density at radius 2 is 1.92 bits per heavy atom. The molecule has 1 nitrogen and oxygen atoms in total. The van der Waals surface area contributed by atoms with Crippen molar-refractivity contribution in [2.45, 2.75) is 13.3 Å². The molecule has 1 aromatic rings. The molecule has 5 heteroatoms. The molecule has 0 aliphatic rings. The number of benzene rings is 1. The first kappa shape index (κ1) is 9.96. The fourth-order valence-corrected chi connectivity index (χ4v) is 1.21. The topological polar surface area (TPSA) is 20.2 Å². The number of phenols is 1. The molecule has 0 unspecified atom stereocenters. The van der Waals surface area contributed by atoms with Crippen molar-refractivity contribution in [1.29, 1.82) is 0 Å². The van der Waals surface area contributed by atoms with Gasteiger partial charge in [0.1, 0.15) is 5.75 Å². The van der Waals surface area contributed by atoms with E-state index in [2.05, 4.69) is 0 Å². The number of aromatic hydroxyl groups is 1. The number of halogens is 3. The minimum atomic E-state index is -5.02. The summed E-state index contributed by atoms with van der Waals surface area (Å²) in [6.45, 7) is -3.37. The van der Waals surface area contributed by atoms with E-state index in [1.54, 1.807) is 6.92 Å². The average Bonchev–Trinajstić information content (AvgIpc) is 2.03. The quantitative estimate of drug-likeness (QED) is 0.705. The summed E-state index contributed by atoms with van der Waals surface area (Å²) < 4.78 is 37.1. The smallest absolute Gasteiger partial charge is 0.508 e. The fourth-order valence-electron chi connectivity index (χ4n) is 1.21. The van der Waals surface area contributed by atoms with Crippen LogP contribution >= 0.6 is 0 Å². The van der Waals surface area contributed by atoms with Crippen LogP contribution in [0.15, 0.2) is 18.2 Å². The summed E-state index contributed by atoms with van der Waals surface area (Å²) in [4.78, 5) is 0. The minimum Gasteiger partial charge on any atom is -0.508 e. The first-order valence-corrected chi connectivity index (χ1v) is 3.97. The summed E-state index contributed by atoms with van der Waals surface area (Å²) in [5.74, 6) is -0.341. The molecule has 1 rings (SSSR count). The molecule has 72 valence electrons. The third-order valence-electron chi connectivity index (χ3n) is 1.86. The normalized spacial score (nSPS) is 11.7. The molecule has 0 bridgehead atoms. The zero-order chi connectivity index (χ0) is 10.1. The lowest BCUT2D eigenvalue weighted by atomic mass is 9.76. The van der Waals surface area contributed by atoms with Crippen LogP contribution in [0.4, 0.5) is 12.9 Å². The standard InChI is InChI=1S/C8H9BF3O/c1-2-6-3-4-7(13)5-8(6)9(10,11)12/h3-5,13H,2H2,1H3/q-1. The number of phenolic OH excluding ortho intramolecular Hbond substituents is 1. The number of hydrogen-bond acceptors (Lipinski definition) is 1. The SMILES string of the molecule is CCc1ccc(O)cc1[B-](F)(F)F. The fraction of sp³-hybridized carbons (Fsp3) is 0.250. The van der Waals surface area contributed by atoms with Crippen molar-refractivity contribution in [3.8, 4) is 5.75 Å². The van der Waals surface area contributed by atoms with Crippen LogP contribution in [-0.4, -0.2) is 12.1 Å². The second-order valence-corrected chi connectivity index (χ2v) is 2.81. The van der Waals surface area contributed by atoms with Gasteiger partial charge in [-0.2, -0.15) is 0 Å². The molecule has 0 atom stereocenters. The predicted molar refractivity (Wildman–Crippen MR) is 46.2 cm³/mol. The van der Waals surface area contributed by atoms with Crippen LogP contribution in [0.3, 0.4) is 0 Å². The summed E-state index contributed by atoms with van der Waals surface area (Å²) in [7, 11) is 0. The Labute approximate surface area is 74.3 Å². The number of rotatable bonds is 2. The molecule has 1 N–H and O–H groups in total. The number of hydrogen-bond donors (Lipinski definition) is 1. The summed E-state index contributed by atoms with van der Waals surface area (Å²) in [5, 5.41) is 8.91. The summed E-state index contributed by atoms with van der Waals surface area (Å²) >= 11 is 0. The molecule has 0 aliphatic heterocycles. The Bertz CT molecular complexity index is 309. The number of aryl methyl sites for hydroxylation is 1. The minimum absolute atomic E-state index is 0.227. The van der Waals surface area contributed by atoms with E-state index in [1.807, 2.05) is 0 Å². The van der Waals surface area contributed by atoms with Crippen molar-refractivity contribution in [2.24, 2.45) is 0 Å². The van der Waals surface area contributed by atoms with Crippen LogP contribution in [-0.2, 0) is 6.42 Å². The van der Waals surface area contributed by atoms with Crippen LogP contribution in [0.5, 0.6) is 5.75 Å². The van der Waals surface area contributed by atoms with Gasteiger partial charge >= 0.3 is 6.98 Å². The van der Waals surface area contributed by atoms with E-state index >= 15 is 0 Å². The van der Waals surface area contributed by atoms with E-state index in [9.17, 15) is 12.9 Å². The lowest BCUT2D eigenvalue weighted by Gasteiger charge is -2.18. The van der Waals surface area contributed by atoms with Gasteiger partial charge in [0.2, 0.25) is 0 Å². The molecule has 0 fully saturated rings. The monoisotopic (exact) mass is 189 g/mol. The van der Waals surface area contributed by atoms with Gasteiger partial charge in [-0.15, -0.1) is 5.46 Å². The maximum Gasteiger partial charge on any atom is 0.510 e. The largest absolute Gasteiger partial charge is 0.510 e. The Morgan fingerprint density at radius 3 is 2.38 bits per heavy atom. The highest BCUT2D eigenvalue weighted by molar-refractivity contribution is 6.74. The molecule has 0 saturated heterocycles. The van der Waals surface area contributed by atoms with E-state index < -0.39 is 12.4 Å². The predicted octanol–water partition coefficient (Wildman–Crippen LogP) is 2.01. The third-order valence-corrected chi connectivity index (χ3v) is 1.86. The van der Waals surface area contributed by atoms with Crippen LogP contribution in [0.1, 0.15) is 12.5 Å². The summed E-state index contributed by atoms with van der Waals surface area (Å²) in [6, 6.07) is 3.35. The van der Waals surface area contributed by atoms with Crippen molar-refractivity contribution in [3.05, 3.63) is 23.8 Å². The van der Waals surface area contributed by atoms with Gasteiger partial charge in [0.05, 0.1) is 0 Å². The van der Waals surface area contributed by atoms with E-state index in [1.165, 1.54) is 12.1 Å². The Balaban J connectivity index is 3.24. The molecule has 0 amide bonds. The van der Waals surface area contributed by atoms with Gasteiger partial charge in [0.25, 0.3) is 0 Å². The Kier molecular flexibility index (Phi) is 2.54. The van der Waals surface area contributed by atoms with Gasteiger partial charge in [-0.3, -0.25) is 0 Å². The second-order valence-electron chi connectivity index (χ2n) is 2.81. The van der Waals surface area contributed by atoms with Crippen LogP contribution in [0.25, 0.3) is 0 Å². The van der Waals surface area contributed by atoms with Crippen molar-refractivity contribution in [1.82, 2.24) is 0 Å². The van der Waals surface area contributed by atoms with Crippen LogP contribution in [0.2, 0.25) is 0 Å². The molecule has 0 aliphatic carbocycles. The third kappa shape index (κ3) is 2.17. The Morgan fingerprint density at radius 1 is 1.31 bits per heavy atom. The lowest BCUT2D eigenvalue weighted by molar-refractivity contribution is 0.472. The van der Waals surface area contributed by atoms with Gasteiger partial charge < -0.3 is 18.1 Å². The maximum absolute atomic E-state index is 12.4. The van der Waals surface area contributed by atoms with Gasteiger partial charge in [0.15, 0.2) is 0 Å². The highest BCUT2D eigenvalue weighted by Gasteiger charge is 2.27. The first-order valence-electron chi connectivity index (χ1n) is 3.97. The average molecular weight is 189 g/mol. The van der Waals surface area contributed by atoms with Gasteiger partial charge in [-0.25, -0.2) is 0 Å². The molecule has 0 heterocycles. The molecule has 13 heavy (non-hydrogen) atoms. The molecule has 0 spiro atoms. The van der Waals surface area contributed by atoms with Crippen LogP contribution < -0.4 is 5.46 Å². The second kappa shape index (κ2) is 3.32. The molecular weight excluding hydrogens is 180 g/mol. The lowest BCUT2D eigenvalue weighted by Crippen LogP contribution is -2.36. The zero-order valence-electron chi connectivity index (χ0n) is 7.10. The summed E-state index contributed by atoms with van der Waals surface area (Å²) in [6.07, 6.45) is 0.316. The van der Waals surface area contributed by atoms with Gasteiger partial charge in [0, 0.05) is 0 Å². The molecule has 0 aromatic heterocycles. The first-order chi connectivity index (χ1) is 5.95. The van der Waals surface area contributed by atoms with E-state index in [0.717, 1.165) is 6.07 Å². The van der Waals surface area contributed by atoms with Crippen molar-refractivity contribution >= 4 is 12.4 Å².